The van der Waals surface area contributed by atoms with Crippen molar-refractivity contribution in [1.82, 2.24) is 9.78 Å². The van der Waals surface area contributed by atoms with Crippen LogP contribution < -0.4 is 4.72 Å². The molecule has 18 heavy (non-hydrogen) atoms. The van der Waals surface area contributed by atoms with E-state index < -0.39 is 10.0 Å². The summed E-state index contributed by atoms with van der Waals surface area (Å²) in [5.74, 6) is 0.443. The number of anilines is 1. The van der Waals surface area contributed by atoms with Gasteiger partial charge in [0.1, 0.15) is 5.82 Å². The predicted molar refractivity (Wildman–Crippen MR) is 71.5 cm³/mol. The summed E-state index contributed by atoms with van der Waals surface area (Å²) >= 11 is 0. The second kappa shape index (κ2) is 4.45. The van der Waals surface area contributed by atoms with Gasteiger partial charge in [0.25, 0.3) is 0 Å². The average Bonchev–Trinajstić information content (AvgIpc) is 2.58. The summed E-state index contributed by atoms with van der Waals surface area (Å²) in [7, 11) is -3.31. The Kier molecular flexibility index (Phi) is 3.13. The number of nitrogens with one attached hydrogen (secondary N) is 1. The number of hydrogen-bond donors (Lipinski definition) is 1. The molecule has 0 radical (unpaired) electrons. The Morgan fingerprint density at radius 1 is 1.17 bits per heavy atom. The number of nitrogens with zero attached hydrogens (tertiary/aromatic N) is 2. The summed E-state index contributed by atoms with van der Waals surface area (Å²) in [6.45, 7) is 3.81. The summed E-state index contributed by atoms with van der Waals surface area (Å²) in [4.78, 5) is 0. The highest BCUT2D eigenvalue weighted by Gasteiger charge is 2.11. The molecule has 6 heteroatoms. The van der Waals surface area contributed by atoms with E-state index in [4.69, 9.17) is 0 Å². The van der Waals surface area contributed by atoms with Crippen LogP contribution in [-0.4, -0.2) is 24.5 Å². The lowest BCUT2D eigenvalue weighted by atomic mass is 10.2. The van der Waals surface area contributed by atoms with Crippen LogP contribution in [-0.2, 0) is 10.0 Å². The van der Waals surface area contributed by atoms with Crippen LogP contribution in [0.2, 0.25) is 0 Å². The molecule has 2 rings (SSSR count). The van der Waals surface area contributed by atoms with Crippen LogP contribution in [0.15, 0.2) is 30.3 Å². The molecule has 0 spiro atoms. The lowest BCUT2D eigenvalue weighted by Crippen LogP contribution is -2.13. The lowest BCUT2D eigenvalue weighted by molar-refractivity contribution is 0.606. The second-order valence-electron chi connectivity index (χ2n) is 4.29. The van der Waals surface area contributed by atoms with Crippen LogP contribution >= 0.6 is 0 Å². The highest BCUT2D eigenvalue weighted by atomic mass is 32.2. The Hall–Kier alpha value is -1.82. The zero-order valence-electron chi connectivity index (χ0n) is 10.5. The van der Waals surface area contributed by atoms with Crippen molar-refractivity contribution in [2.45, 2.75) is 13.8 Å². The van der Waals surface area contributed by atoms with Crippen LogP contribution in [0.5, 0.6) is 0 Å². The number of aromatic nitrogens is 2. The molecular formula is C12H15N3O2S. The number of hydrogen-bond acceptors (Lipinski definition) is 3. The third-order valence-electron chi connectivity index (χ3n) is 2.40. The zero-order chi connectivity index (χ0) is 13.3. The van der Waals surface area contributed by atoms with Crippen molar-refractivity contribution in [3.05, 3.63) is 41.6 Å². The minimum Gasteiger partial charge on any atom is -0.267 e. The Labute approximate surface area is 107 Å². The fraction of sp³-hybridized carbons (Fsp3) is 0.250. The summed E-state index contributed by atoms with van der Waals surface area (Å²) in [5.41, 5.74) is 2.71. The van der Waals surface area contributed by atoms with Gasteiger partial charge in [0.2, 0.25) is 10.0 Å². The van der Waals surface area contributed by atoms with Gasteiger partial charge in [-0.25, -0.2) is 13.1 Å². The molecule has 0 fully saturated rings. The summed E-state index contributed by atoms with van der Waals surface area (Å²) in [5, 5.41) is 4.28. The number of sulfonamides is 1. The van der Waals surface area contributed by atoms with E-state index in [-0.39, 0.29) is 0 Å². The second-order valence-corrected chi connectivity index (χ2v) is 6.04. The van der Waals surface area contributed by atoms with Gasteiger partial charge in [0.05, 0.1) is 17.6 Å². The van der Waals surface area contributed by atoms with Crippen molar-refractivity contribution in [2.75, 3.05) is 11.0 Å². The molecule has 0 saturated carbocycles. The van der Waals surface area contributed by atoms with Crippen LogP contribution in [0.25, 0.3) is 5.69 Å². The molecule has 0 amide bonds. The van der Waals surface area contributed by atoms with Gasteiger partial charge in [0.15, 0.2) is 0 Å². The predicted octanol–water partition coefficient (Wildman–Crippen LogP) is 1.86. The van der Waals surface area contributed by atoms with E-state index in [1.54, 1.807) is 10.7 Å². The van der Waals surface area contributed by atoms with E-state index in [2.05, 4.69) is 9.82 Å². The van der Waals surface area contributed by atoms with E-state index in [9.17, 15) is 8.42 Å². The third-order valence-corrected chi connectivity index (χ3v) is 2.98. The quantitative estimate of drug-likeness (QED) is 0.921. The van der Waals surface area contributed by atoms with Crippen molar-refractivity contribution >= 4 is 15.8 Å². The van der Waals surface area contributed by atoms with Gasteiger partial charge >= 0.3 is 0 Å². The highest BCUT2D eigenvalue weighted by Crippen LogP contribution is 2.18. The van der Waals surface area contributed by atoms with Crippen LogP contribution in [0.4, 0.5) is 5.82 Å². The van der Waals surface area contributed by atoms with E-state index in [0.717, 1.165) is 23.2 Å². The molecule has 0 aliphatic carbocycles. The summed E-state index contributed by atoms with van der Waals surface area (Å²) < 4.78 is 26.6. The molecular weight excluding hydrogens is 250 g/mol. The third kappa shape index (κ3) is 2.89. The first-order valence-electron chi connectivity index (χ1n) is 5.47. The first-order chi connectivity index (χ1) is 8.35. The van der Waals surface area contributed by atoms with Crippen LogP contribution in [0.3, 0.4) is 0 Å². The molecule has 0 aliphatic heterocycles. The standard InChI is InChI=1S/C12H15N3O2S/c1-9-4-6-11(7-5-9)15-12(8-10(2)13-15)14-18(3,16)17/h4-8,14H,1-3H3. The number of rotatable bonds is 3. The van der Waals surface area contributed by atoms with E-state index in [0.29, 0.717) is 5.82 Å². The molecule has 1 aromatic carbocycles. The first kappa shape index (κ1) is 12.6. The topological polar surface area (TPSA) is 64.0 Å². The average molecular weight is 265 g/mol. The minimum atomic E-state index is -3.31. The van der Waals surface area contributed by atoms with Gasteiger partial charge in [-0.2, -0.15) is 5.10 Å². The van der Waals surface area contributed by atoms with Gasteiger partial charge in [-0.1, -0.05) is 17.7 Å². The van der Waals surface area contributed by atoms with Crippen molar-refractivity contribution in [3.8, 4) is 5.69 Å². The van der Waals surface area contributed by atoms with Crippen LogP contribution in [0, 0.1) is 13.8 Å². The normalized spacial score (nSPS) is 11.5. The van der Waals surface area contributed by atoms with Crippen molar-refractivity contribution in [2.24, 2.45) is 0 Å². The van der Waals surface area contributed by atoms with Gasteiger partial charge in [-0.3, -0.25) is 4.72 Å². The fourth-order valence-corrected chi connectivity index (χ4v) is 2.17. The largest absolute Gasteiger partial charge is 0.267 e. The Balaban J connectivity index is 2.47. The van der Waals surface area contributed by atoms with Gasteiger partial charge in [-0.05, 0) is 26.0 Å². The monoisotopic (exact) mass is 265 g/mol. The maximum Gasteiger partial charge on any atom is 0.230 e. The van der Waals surface area contributed by atoms with Crippen molar-refractivity contribution < 1.29 is 8.42 Å². The molecule has 1 aromatic heterocycles. The van der Waals surface area contributed by atoms with Gasteiger partial charge < -0.3 is 0 Å². The SMILES string of the molecule is Cc1ccc(-n2nc(C)cc2NS(C)(=O)=O)cc1. The fourth-order valence-electron chi connectivity index (χ4n) is 1.64. The number of aryl methyl sites for hydroxylation is 2. The molecule has 0 bridgehead atoms. The lowest BCUT2D eigenvalue weighted by Gasteiger charge is -2.08. The maximum atomic E-state index is 11.3. The molecule has 2 aromatic rings. The summed E-state index contributed by atoms with van der Waals surface area (Å²) in [6.07, 6.45) is 1.12. The van der Waals surface area contributed by atoms with E-state index >= 15 is 0 Å². The van der Waals surface area contributed by atoms with Gasteiger partial charge in [-0.15, -0.1) is 0 Å². The summed E-state index contributed by atoms with van der Waals surface area (Å²) in [6, 6.07) is 9.40. The van der Waals surface area contributed by atoms with Crippen molar-refractivity contribution in [1.29, 1.82) is 0 Å². The van der Waals surface area contributed by atoms with Gasteiger partial charge in [0, 0.05) is 6.07 Å². The Morgan fingerprint density at radius 3 is 2.33 bits per heavy atom. The maximum absolute atomic E-state index is 11.3. The first-order valence-corrected chi connectivity index (χ1v) is 7.36. The smallest absolute Gasteiger partial charge is 0.230 e. The van der Waals surface area contributed by atoms with E-state index in [1.807, 2.05) is 38.1 Å². The molecule has 0 atom stereocenters. The molecule has 0 unspecified atom stereocenters. The Morgan fingerprint density at radius 2 is 1.78 bits per heavy atom. The molecule has 0 saturated heterocycles. The molecule has 1 heterocycles. The number of benzene rings is 1. The highest BCUT2D eigenvalue weighted by molar-refractivity contribution is 7.92. The van der Waals surface area contributed by atoms with Crippen LogP contribution in [0.1, 0.15) is 11.3 Å². The minimum absolute atomic E-state index is 0.443. The zero-order valence-corrected chi connectivity index (χ0v) is 11.3. The van der Waals surface area contributed by atoms with E-state index in [1.165, 1.54) is 0 Å². The molecule has 1 N–H and O–H groups in total. The van der Waals surface area contributed by atoms with Crippen molar-refractivity contribution in [3.63, 3.8) is 0 Å². The Bertz CT molecular complexity index is 657. The molecule has 5 nitrogen and oxygen atoms in total. The molecule has 0 aliphatic rings. The molecule has 96 valence electrons.